The molecule has 0 aliphatic heterocycles. The highest BCUT2D eigenvalue weighted by Gasteiger charge is 2.13. The number of rotatable bonds is 6. The molecule has 3 heterocycles. The molecule has 4 aromatic rings. The number of H-pyrrole nitrogens is 1. The highest BCUT2D eigenvalue weighted by Crippen LogP contribution is 2.27. The second kappa shape index (κ2) is 8.83. The molecule has 31 heavy (non-hydrogen) atoms. The quantitative estimate of drug-likeness (QED) is 0.423. The van der Waals surface area contributed by atoms with Gasteiger partial charge in [-0.3, -0.25) is 10.4 Å². The summed E-state index contributed by atoms with van der Waals surface area (Å²) < 4.78 is 5.58. The molecule has 0 radical (unpaired) electrons. The van der Waals surface area contributed by atoms with Crippen molar-refractivity contribution in [1.29, 1.82) is 0 Å². The van der Waals surface area contributed by atoms with Crippen LogP contribution in [0.4, 0.5) is 10.6 Å². The van der Waals surface area contributed by atoms with Crippen molar-refractivity contribution in [3.8, 4) is 17.1 Å². The lowest BCUT2D eigenvalue weighted by Crippen LogP contribution is -2.31. The standard InChI is InChI=1S/C23H24N6O2/c1-14(2)31-21-10-9-17(12-25-21)22-18-13-24-20(11-19(18)28-29-22)27-23(30)26-15(3)16-7-5-4-6-8-16/h4-15H,1-3H3,(H,28,29)(H2,24,26,27,30)/t15-/m1/s1. The van der Waals surface area contributed by atoms with Crippen molar-refractivity contribution in [3.63, 3.8) is 0 Å². The van der Waals surface area contributed by atoms with E-state index in [0.29, 0.717) is 11.7 Å². The molecule has 0 saturated carbocycles. The monoisotopic (exact) mass is 416 g/mol. The van der Waals surface area contributed by atoms with Gasteiger partial charge < -0.3 is 10.1 Å². The smallest absolute Gasteiger partial charge is 0.320 e. The Labute approximate surface area is 180 Å². The first-order valence-electron chi connectivity index (χ1n) is 10.1. The van der Waals surface area contributed by atoms with Gasteiger partial charge in [-0.15, -0.1) is 0 Å². The van der Waals surface area contributed by atoms with Crippen LogP contribution in [0.25, 0.3) is 22.2 Å². The van der Waals surface area contributed by atoms with Gasteiger partial charge in [0.2, 0.25) is 5.88 Å². The molecule has 0 bridgehead atoms. The van der Waals surface area contributed by atoms with Crippen molar-refractivity contribution in [1.82, 2.24) is 25.5 Å². The number of carbonyl (C=O) groups is 1. The van der Waals surface area contributed by atoms with Crippen LogP contribution in [0.2, 0.25) is 0 Å². The molecule has 8 nitrogen and oxygen atoms in total. The molecule has 0 saturated heterocycles. The number of hydrogen-bond acceptors (Lipinski definition) is 5. The minimum absolute atomic E-state index is 0.0626. The van der Waals surface area contributed by atoms with Crippen LogP contribution in [0.15, 0.2) is 60.9 Å². The van der Waals surface area contributed by atoms with E-state index in [0.717, 1.165) is 27.7 Å². The summed E-state index contributed by atoms with van der Waals surface area (Å²) in [5.74, 6) is 0.998. The largest absolute Gasteiger partial charge is 0.475 e. The van der Waals surface area contributed by atoms with Crippen molar-refractivity contribution in [2.24, 2.45) is 0 Å². The number of aromatic nitrogens is 4. The van der Waals surface area contributed by atoms with Crippen molar-refractivity contribution in [2.45, 2.75) is 32.9 Å². The van der Waals surface area contributed by atoms with Crippen molar-refractivity contribution >= 4 is 22.8 Å². The Morgan fingerprint density at radius 1 is 1.03 bits per heavy atom. The molecule has 1 aromatic carbocycles. The predicted octanol–water partition coefficient (Wildman–Crippen LogP) is 4.69. The fraction of sp³-hybridized carbons (Fsp3) is 0.217. The number of ether oxygens (including phenoxy) is 1. The summed E-state index contributed by atoms with van der Waals surface area (Å²) in [5, 5.41) is 13.9. The second-order valence-electron chi connectivity index (χ2n) is 7.47. The number of fused-ring (bicyclic) bond motifs is 1. The Kier molecular flexibility index (Phi) is 5.79. The molecule has 0 spiro atoms. The fourth-order valence-corrected chi connectivity index (χ4v) is 3.21. The minimum atomic E-state index is -0.326. The zero-order chi connectivity index (χ0) is 21.8. The highest BCUT2D eigenvalue weighted by molar-refractivity contribution is 5.95. The molecule has 0 unspecified atom stereocenters. The van der Waals surface area contributed by atoms with Gasteiger partial charge in [-0.2, -0.15) is 5.10 Å². The lowest BCUT2D eigenvalue weighted by molar-refractivity contribution is 0.232. The molecular formula is C23H24N6O2. The zero-order valence-electron chi connectivity index (χ0n) is 17.6. The number of carbonyl (C=O) groups excluding carboxylic acids is 1. The first-order valence-corrected chi connectivity index (χ1v) is 10.1. The molecule has 0 aliphatic rings. The van der Waals surface area contributed by atoms with E-state index in [2.05, 4.69) is 30.8 Å². The first kappa shape index (κ1) is 20.3. The zero-order valence-corrected chi connectivity index (χ0v) is 17.6. The van der Waals surface area contributed by atoms with Gasteiger partial charge in [0.1, 0.15) is 11.5 Å². The molecule has 158 valence electrons. The maximum Gasteiger partial charge on any atom is 0.320 e. The summed E-state index contributed by atoms with van der Waals surface area (Å²) in [6.07, 6.45) is 3.47. The maximum absolute atomic E-state index is 12.4. The van der Waals surface area contributed by atoms with E-state index in [1.807, 2.05) is 63.2 Å². The number of hydrogen-bond donors (Lipinski definition) is 3. The van der Waals surface area contributed by atoms with Gasteiger partial charge in [-0.05, 0) is 32.4 Å². The number of pyridine rings is 2. The Morgan fingerprint density at radius 2 is 1.84 bits per heavy atom. The summed E-state index contributed by atoms with van der Waals surface area (Å²) >= 11 is 0. The third-order valence-electron chi connectivity index (χ3n) is 4.70. The van der Waals surface area contributed by atoms with Gasteiger partial charge in [0, 0.05) is 35.5 Å². The normalized spacial score (nSPS) is 12.0. The van der Waals surface area contributed by atoms with Crippen LogP contribution in [0.5, 0.6) is 5.88 Å². The maximum atomic E-state index is 12.4. The first-order chi connectivity index (χ1) is 15.0. The third-order valence-corrected chi connectivity index (χ3v) is 4.70. The molecular weight excluding hydrogens is 392 g/mol. The van der Waals surface area contributed by atoms with Gasteiger partial charge in [0.25, 0.3) is 0 Å². The number of anilines is 1. The molecule has 0 fully saturated rings. The third kappa shape index (κ3) is 4.80. The van der Waals surface area contributed by atoms with E-state index < -0.39 is 0 Å². The Bertz CT molecular complexity index is 1170. The van der Waals surface area contributed by atoms with Gasteiger partial charge in [-0.1, -0.05) is 30.3 Å². The van der Waals surface area contributed by atoms with Crippen LogP contribution in [0, 0.1) is 0 Å². The number of nitrogens with one attached hydrogen (secondary N) is 3. The van der Waals surface area contributed by atoms with Crippen molar-refractivity contribution < 1.29 is 9.53 Å². The van der Waals surface area contributed by atoms with Gasteiger partial charge in [0.15, 0.2) is 0 Å². The van der Waals surface area contributed by atoms with Crippen LogP contribution in [0.3, 0.4) is 0 Å². The molecule has 0 aliphatic carbocycles. The molecule has 4 rings (SSSR count). The number of amides is 2. The number of nitrogens with zero attached hydrogens (tertiary/aromatic N) is 3. The number of benzene rings is 1. The van der Waals surface area contributed by atoms with E-state index in [9.17, 15) is 4.79 Å². The Morgan fingerprint density at radius 3 is 2.55 bits per heavy atom. The summed E-state index contributed by atoms with van der Waals surface area (Å²) in [6.45, 7) is 5.84. The van der Waals surface area contributed by atoms with Crippen molar-refractivity contribution in [2.75, 3.05) is 5.32 Å². The topological polar surface area (TPSA) is 105 Å². The molecule has 8 heteroatoms. The number of urea groups is 1. The van der Waals surface area contributed by atoms with E-state index in [1.165, 1.54) is 0 Å². The van der Waals surface area contributed by atoms with Crippen LogP contribution >= 0.6 is 0 Å². The van der Waals surface area contributed by atoms with E-state index >= 15 is 0 Å². The SMILES string of the molecule is CC(C)Oc1ccc(-c2n[nH]c3cc(NC(=O)N[C@H](C)c4ccccc4)ncc23)cn1. The van der Waals surface area contributed by atoms with Gasteiger partial charge in [0.05, 0.1) is 17.7 Å². The summed E-state index contributed by atoms with van der Waals surface area (Å²) in [5.41, 5.74) is 3.37. The van der Waals surface area contributed by atoms with Crippen LogP contribution in [-0.4, -0.2) is 32.3 Å². The minimum Gasteiger partial charge on any atom is -0.475 e. The molecule has 3 aromatic heterocycles. The van der Waals surface area contributed by atoms with Gasteiger partial charge in [-0.25, -0.2) is 14.8 Å². The summed E-state index contributed by atoms with van der Waals surface area (Å²) in [6, 6.07) is 14.8. The summed E-state index contributed by atoms with van der Waals surface area (Å²) in [7, 11) is 0. The van der Waals surface area contributed by atoms with Crippen molar-refractivity contribution in [3.05, 3.63) is 66.5 Å². The predicted molar refractivity (Wildman–Crippen MR) is 120 cm³/mol. The Balaban J connectivity index is 1.46. The lowest BCUT2D eigenvalue weighted by Gasteiger charge is -2.14. The Hall–Kier alpha value is -3.94. The van der Waals surface area contributed by atoms with Crippen LogP contribution < -0.4 is 15.4 Å². The van der Waals surface area contributed by atoms with E-state index in [1.54, 1.807) is 18.5 Å². The van der Waals surface area contributed by atoms with E-state index in [-0.39, 0.29) is 18.2 Å². The molecule has 2 amide bonds. The summed E-state index contributed by atoms with van der Waals surface area (Å²) in [4.78, 5) is 21.1. The second-order valence-corrected chi connectivity index (χ2v) is 7.47. The van der Waals surface area contributed by atoms with Gasteiger partial charge >= 0.3 is 6.03 Å². The lowest BCUT2D eigenvalue weighted by atomic mass is 10.1. The van der Waals surface area contributed by atoms with Crippen LogP contribution in [0.1, 0.15) is 32.4 Å². The molecule has 3 N–H and O–H groups in total. The highest BCUT2D eigenvalue weighted by atomic mass is 16.5. The van der Waals surface area contributed by atoms with Crippen LogP contribution in [-0.2, 0) is 0 Å². The fourth-order valence-electron chi connectivity index (χ4n) is 3.21. The van der Waals surface area contributed by atoms with E-state index in [4.69, 9.17) is 4.74 Å². The average Bonchev–Trinajstić information content (AvgIpc) is 3.17. The number of aromatic amines is 1. The average molecular weight is 416 g/mol. The molecule has 1 atom stereocenters.